The maximum absolute atomic E-state index is 12.1. The van der Waals surface area contributed by atoms with Crippen LogP contribution in [0.2, 0.25) is 0 Å². The molecule has 0 fully saturated rings. The van der Waals surface area contributed by atoms with Gasteiger partial charge in [-0.05, 0) is 24.3 Å². The molecule has 3 rings (SSSR count). The van der Waals surface area contributed by atoms with Gasteiger partial charge in [0.15, 0.2) is 0 Å². The van der Waals surface area contributed by atoms with Crippen LogP contribution in [0.5, 0.6) is 0 Å². The third-order valence-electron chi connectivity index (χ3n) is 2.87. The Labute approximate surface area is 109 Å². The highest BCUT2D eigenvalue weighted by Gasteiger charge is 2.10. The van der Waals surface area contributed by atoms with Crippen molar-refractivity contribution in [2.75, 3.05) is 11.1 Å². The minimum absolute atomic E-state index is 0.207. The van der Waals surface area contributed by atoms with Gasteiger partial charge in [0, 0.05) is 23.5 Å². The van der Waals surface area contributed by atoms with Gasteiger partial charge in [0.2, 0.25) is 0 Å². The number of rotatable bonds is 2. The molecule has 0 spiro atoms. The van der Waals surface area contributed by atoms with Crippen molar-refractivity contribution in [3.8, 4) is 0 Å². The van der Waals surface area contributed by atoms with Gasteiger partial charge in [-0.15, -0.1) is 0 Å². The average Bonchev–Trinajstić information content (AvgIpc) is 2.85. The lowest BCUT2D eigenvalue weighted by atomic mass is 10.2. The van der Waals surface area contributed by atoms with Crippen LogP contribution in [-0.2, 0) is 0 Å². The zero-order chi connectivity index (χ0) is 13.2. The lowest BCUT2D eigenvalue weighted by Gasteiger charge is -2.02. The smallest absolute Gasteiger partial charge is 0.272 e. The summed E-state index contributed by atoms with van der Waals surface area (Å²) in [5, 5.41) is 3.70. The molecule has 4 N–H and O–H groups in total. The van der Waals surface area contributed by atoms with Crippen molar-refractivity contribution in [3.63, 3.8) is 0 Å². The van der Waals surface area contributed by atoms with Crippen molar-refractivity contribution in [1.29, 1.82) is 0 Å². The van der Waals surface area contributed by atoms with Crippen LogP contribution < -0.4 is 11.1 Å². The average molecular weight is 252 g/mol. The van der Waals surface area contributed by atoms with E-state index in [1.165, 1.54) is 0 Å². The third kappa shape index (κ3) is 2.13. The standard InChI is InChI=1S/C14H12N4O/c15-11-3-1-2-9-8-12(18-13(9)11)14(19)17-10-4-6-16-7-5-10/h1-8,18H,15H2,(H,16,17,19). The Bertz CT molecular complexity index is 734. The molecule has 94 valence electrons. The number of fused-ring (bicyclic) bond motifs is 1. The number of hydrogen-bond acceptors (Lipinski definition) is 3. The fraction of sp³-hybridized carbons (Fsp3) is 0. The van der Waals surface area contributed by atoms with E-state index in [-0.39, 0.29) is 5.91 Å². The molecule has 0 unspecified atom stereocenters. The van der Waals surface area contributed by atoms with Gasteiger partial charge in [-0.2, -0.15) is 0 Å². The van der Waals surface area contributed by atoms with Gasteiger partial charge < -0.3 is 16.0 Å². The maximum Gasteiger partial charge on any atom is 0.272 e. The van der Waals surface area contributed by atoms with E-state index in [0.717, 1.165) is 10.9 Å². The fourth-order valence-corrected chi connectivity index (χ4v) is 1.94. The number of carbonyl (C=O) groups excluding carboxylic acids is 1. The quantitative estimate of drug-likeness (QED) is 0.612. The highest BCUT2D eigenvalue weighted by molar-refractivity contribution is 6.07. The number of nitrogens with two attached hydrogens (primary N) is 1. The van der Waals surface area contributed by atoms with Crippen LogP contribution in [-0.4, -0.2) is 15.9 Å². The zero-order valence-electron chi connectivity index (χ0n) is 10.1. The van der Waals surface area contributed by atoms with Crippen molar-refractivity contribution in [1.82, 2.24) is 9.97 Å². The van der Waals surface area contributed by atoms with Crippen LogP contribution in [0.25, 0.3) is 10.9 Å². The maximum atomic E-state index is 12.1. The zero-order valence-corrected chi connectivity index (χ0v) is 10.1. The second-order valence-corrected chi connectivity index (χ2v) is 4.18. The Morgan fingerprint density at radius 1 is 1.21 bits per heavy atom. The van der Waals surface area contributed by atoms with Crippen molar-refractivity contribution in [2.24, 2.45) is 0 Å². The first-order valence-electron chi connectivity index (χ1n) is 5.82. The number of anilines is 2. The minimum atomic E-state index is -0.207. The number of aromatic amines is 1. The number of nitrogen functional groups attached to an aromatic ring is 1. The summed E-state index contributed by atoms with van der Waals surface area (Å²) in [4.78, 5) is 19.0. The summed E-state index contributed by atoms with van der Waals surface area (Å²) in [7, 11) is 0. The largest absolute Gasteiger partial charge is 0.397 e. The molecule has 19 heavy (non-hydrogen) atoms. The second kappa shape index (κ2) is 4.45. The van der Waals surface area contributed by atoms with Crippen LogP contribution in [0, 0.1) is 0 Å². The topological polar surface area (TPSA) is 83.8 Å². The summed E-state index contributed by atoms with van der Waals surface area (Å²) >= 11 is 0. The Hall–Kier alpha value is -2.82. The lowest BCUT2D eigenvalue weighted by Crippen LogP contribution is -2.12. The van der Waals surface area contributed by atoms with Crippen molar-refractivity contribution >= 4 is 28.2 Å². The molecule has 0 aliphatic heterocycles. The highest BCUT2D eigenvalue weighted by Crippen LogP contribution is 2.21. The monoisotopic (exact) mass is 252 g/mol. The Morgan fingerprint density at radius 3 is 2.74 bits per heavy atom. The molecule has 2 aromatic heterocycles. The number of benzene rings is 1. The molecule has 3 aromatic rings. The van der Waals surface area contributed by atoms with Crippen LogP contribution in [0.4, 0.5) is 11.4 Å². The van der Waals surface area contributed by atoms with Crippen LogP contribution >= 0.6 is 0 Å². The molecule has 0 aliphatic carbocycles. The van der Waals surface area contributed by atoms with Crippen molar-refractivity contribution < 1.29 is 4.79 Å². The van der Waals surface area contributed by atoms with Crippen molar-refractivity contribution in [2.45, 2.75) is 0 Å². The van der Waals surface area contributed by atoms with Gasteiger partial charge >= 0.3 is 0 Å². The van der Waals surface area contributed by atoms with Crippen LogP contribution in [0.15, 0.2) is 48.8 Å². The van der Waals surface area contributed by atoms with Gasteiger partial charge in [0.05, 0.1) is 11.2 Å². The first kappa shape index (κ1) is 11.3. The molecule has 5 nitrogen and oxygen atoms in total. The molecule has 0 radical (unpaired) electrons. The minimum Gasteiger partial charge on any atom is -0.397 e. The molecule has 1 aromatic carbocycles. The van der Waals surface area contributed by atoms with E-state index in [0.29, 0.717) is 17.1 Å². The number of aromatic nitrogens is 2. The first-order valence-corrected chi connectivity index (χ1v) is 5.82. The van der Waals surface area contributed by atoms with E-state index in [2.05, 4.69) is 15.3 Å². The van der Waals surface area contributed by atoms with Gasteiger partial charge in [-0.25, -0.2) is 0 Å². The third-order valence-corrected chi connectivity index (χ3v) is 2.87. The van der Waals surface area contributed by atoms with E-state index in [1.807, 2.05) is 12.1 Å². The predicted molar refractivity (Wildman–Crippen MR) is 74.9 cm³/mol. The summed E-state index contributed by atoms with van der Waals surface area (Å²) in [5.74, 6) is -0.207. The molecule has 0 atom stereocenters. The molecule has 0 bridgehead atoms. The van der Waals surface area contributed by atoms with E-state index < -0.39 is 0 Å². The molecule has 2 heterocycles. The Morgan fingerprint density at radius 2 is 2.00 bits per heavy atom. The first-order chi connectivity index (χ1) is 9.24. The summed E-state index contributed by atoms with van der Waals surface area (Å²) in [6.45, 7) is 0. The van der Waals surface area contributed by atoms with Gasteiger partial charge in [-0.1, -0.05) is 12.1 Å². The number of para-hydroxylation sites is 1. The second-order valence-electron chi connectivity index (χ2n) is 4.18. The normalized spacial score (nSPS) is 10.5. The predicted octanol–water partition coefficient (Wildman–Crippen LogP) is 2.40. The van der Waals surface area contributed by atoms with E-state index in [1.54, 1.807) is 36.7 Å². The summed E-state index contributed by atoms with van der Waals surface area (Å²) in [5.41, 5.74) is 8.43. The van der Waals surface area contributed by atoms with Gasteiger partial charge in [0.1, 0.15) is 5.69 Å². The number of nitrogens with one attached hydrogen (secondary N) is 2. The molecule has 1 amide bonds. The van der Waals surface area contributed by atoms with Gasteiger partial charge in [-0.3, -0.25) is 9.78 Å². The number of amides is 1. The van der Waals surface area contributed by atoms with E-state index in [9.17, 15) is 4.79 Å². The Balaban J connectivity index is 1.92. The molecular formula is C14H12N4O. The molecule has 0 saturated heterocycles. The Kier molecular flexibility index (Phi) is 2.64. The van der Waals surface area contributed by atoms with Crippen LogP contribution in [0.3, 0.4) is 0 Å². The molecule has 0 aliphatic rings. The number of hydrogen-bond donors (Lipinski definition) is 3. The summed E-state index contributed by atoms with van der Waals surface area (Å²) < 4.78 is 0. The van der Waals surface area contributed by atoms with E-state index >= 15 is 0 Å². The number of nitrogens with zero attached hydrogens (tertiary/aromatic N) is 1. The number of carbonyl (C=O) groups is 1. The SMILES string of the molecule is Nc1cccc2cc(C(=O)Nc3ccncc3)[nH]c12. The summed E-state index contributed by atoms with van der Waals surface area (Å²) in [6, 6.07) is 10.8. The van der Waals surface area contributed by atoms with Crippen LogP contribution in [0.1, 0.15) is 10.5 Å². The fourth-order valence-electron chi connectivity index (χ4n) is 1.94. The van der Waals surface area contributed by atoms with E-state index in [4.69, 9.17) is 5.73 Å². The number of pyridine rings is 1. The summed E-state index contributed by atoms with van der Waals surface area (Å²) in [6.07, 6.45) is 3.25. The lowest BCUT2D eigenvalue weighted by molar-refractivity contribution is 0.102. The molecule has 5 heteroatoms. The molecule has 0 saturated carbocycles. The molecular weight excluding hydrogens is 240 g/mol. The number of H-pyrrole nitrogens is 1. The van der Waals surface area contributed by atoms with Crippen molar-refractivity contribution in [3.05, 3.63) is 54.5 Å². The van der Waals surface area contributed by atoms with Gasteiger partial charge in [0.25, 0.3) is 5.91 Å². The highest BCUT2D eigenvalue weighted by atomic mass is 16.1.